The first-order valence-electron chi connectivity index (χ1n) is 9.46. The largest absolute Gasteiger partial charge is 0.354 e. The minimum atomic E-state index is 0.187. The Balaban J connectivity index is 1.36. The van der Waals surface area contributed by atoms with Crippen LogP contribution in [0.25, 0.3) is 0 Å². The third-order valence-corrected chi connectivity index (χ3v) is 6.42. The predicted octanol–water partition coefficient (Wildman–Crippen LogP) is 3.69. The monoisotopic (exact) mass is 313 g/mol. The second-order valence-electron chi connectivity index (χ2n) is 8.92. The van der Waals surface area contributed by atoms with E-state index >= 15 is 0 Å². The molecule has 4 rings (SSSR count). The molecule has 0 radical (unpaired) electrons. The normalized spacial score (nSPS) is 31.8. The Bertz CT molecular complexity index is 537. The van der Waals surface area contributed by atoms with Gasteiger partial charge in [0.15, 0.2) is 0 Å². The van der Waals surface area contributed by atoms with Crippen LogP contribution in [0, 0.1) is 11.8 Å². The summed E-state index contributed by atoms with van der Waals surface area (Å²) in [7, 11) is 0. The molecule has 2 bridgehead atoms. The molecule has 2 heterocycles. The lowest BCUT2D eigenvalue weighted by Gasteiger charge is -2.41. The maximum Gasteiger partial charge on any atom is 0.128 e. The second-order valence-corrected chi connectivity index (χ2v) is 8.92. The van der Waals surface area contributed by atoms with Gasteiger partial charge in [-0.25, -0.2) is 4.98 Å². The van der Waals surface area contributed by atoms with Gasteiger partial charge in [0.05, 0.1) is 0 Å². The van der Waals surface area contributed by atoms with Gasteiger partial charge in [-0.1, -0.05) is 33.3 Å². The number of pyridine rings is 1. The van der Waals surface area contributed by atoms with Crippen molar-refractivity contribution >= 4 is 5.82 Å². The lowest BCUT2D eigenvalue weighted by atomic mass is 9.88. The molecule has 0 spiro atoms. The van der Waals surface area contributed by atoms with Crippen molar-refractivity contribution in [2.24, 2.45) is 11.8 Å². The lowest BCUT2D eigenvalue weighted by Crippen LogP contribution is -2.52. The molecule has 2 saturated carbocycles. The van der Waals surface area contributed by atoms with E-state index < -0.39 is 0 Å². The molecule has 2 aliphatic carbocycles. The number of aromatic nitrogens is 1. The van der Waals surface area contributed by atoms with Crippen molar-refractivity contribution < 1.29 is 0 Å². The fraction of sp³-hybridized carbons (Fsp3) is 0.750. The minimum absolute atomic E-state index is 0.187. The van der Waals surface area contributed by atoms with Crippen molar-refractivity contribution in [3.63, 3.8) is 0 Å². The van der Waals surface area contributed by atoms with Crippen molar-refractivity contribution in [2.75, 3.05) is 31.1 Å². The number of nitrogens with zero attached hydrogens (tertiary/aromatic N) is 3. The Morgan fingerprint density at radius 1 is 1.00 bits per heavy atom. The van der Waals surface area contributed by atoms with Gasteiger partial charge in [0, 0.05) is 38.4 Å². The molecule has 1 aromatic heterocycles. The fourth-order valence-corrected chi connectivity index (χ4v) is 4.96. The highest BCUT2D eigenvalue weighted by Crippen LogP contribution is 2.46. The molecule has 3 unspecified atom stereocenters. The van der Waals surface area contributed by atoms with E-state index in [-0.39, 0.29) is 5.41 Å². The molecule has 3 heteroatoms. The third-order valence-electron chi connectivity index (χ3n) is 6.42. The van der Waals surface area contributed by atoms with E-state index in [4.69, 9.17) is 4.98 Å². The van der Waals surface area contributed by atoms with E-state index in [1.165, 1.54) is 44.3 Å². The van der Waals surface area contributed by atoms with Gasteiger partial charge in [0.25, 0.3) is 0 Å². The lowest BCUT2D eigenvalue weighted by molar-refractivity contribution is 0.134. The first-order valence-corrected chi connectivity index (χ1v) is 9.46. The number of fused-ring (bicyclic) bond motifs is 2. The van der Waals surface area contributed by atoms with E-state index in [0.717, 1.165) is 36.8 Å². The highest BCUT2D eigenvalue weighted by molar-refractivity contribution is 5.41. The molecule has 0 aromatic carbocycles. The van der Waals surface area contributed by atoms with E-state index in [2.05, 4.69) is 48.9 Å². The first-order chi connectivity index (χ1) is 11.0. The summed E-state index contributed by atoms with van der Waals surface area (Å²) in [6.45, 7) is 11.5. The van der Waals surface area contributed by atoms with Crippen LogP contribution < -0.4 is 4.90 Å². The Morgan fingerprint density at radius 3 is 2.30 bits per heavy atom. The van der Waals surface area contributed by atoms with Gasteiger partial charge in [0.1, 0.15) is 5.82 Å². The van der Waals surface area contributed by atoms with Crippen molar-refractivity contribution in [3.8, 4) is 0 Å². The molecule has 0 amide bonds. The quantitative estimate of drug-likeness (QED) is 0.830. The van der Waals surface area contributed by atoms with E-state index in [9.17, 15) is 0 Å². The van der Waals surface area contributed by atoms with Crippen molar-refractivity contribution in [3.05, 3.63) is 23.9 Å². The summed E-state index contributed by atoms with van der Waals surface area (Å²) in [5.74, 6) is 3.22. The second kappa shape index (κ2) is 5.77. The molecular weight excluding hydrogens is 282 g/mol. The standard InChI is InChI=1S/C20H31N3/c1-20(2,3)17-6-7-19(21-14-17)23-10-8-22(9-11-23)18-13-15-4-5-16(18)12-15/h6-7,14-16,18H,4-5,8-13H2,1-3H3. The molecule has 23 heavy (non-hydrogen) atoms. The maximum atomic E-state index is 4.74. The molecule has 0 N–H and O–H groups in total. The number of anilines is 1. The first kappa shape index (κ1) is 15.4. The number of rotatable bonds is 2. The van der Waals surface area contributed by atoms with Gasteiger partial charge in [-0.3, -0.25) is 4.90 Å². The average molecular weight is 313 g/mol. The number of hydrogen-bond acceptors (Lipinski definition) is 3. The van der Waals surface area contributed by atoms with Crippen molar-refractivity contribution in [2.45, 2.75) is 57.9 Å². The summed E-state index contributed by atoms with van der Waals surface area (Å²) in [6.07, 6.45) is 8.05. The number of hydrogen-bond donors (Lipinski definition) is 0. The zero-order valence-electron chi connectivity index (χ0n) is 15.0. The molecule has 3 nitrogen and oxygen atoms in total. The fourth-order valence-electron chi connectivity index (χ4n) is 4.96. The van der Waals surface area contributed by atoms with Crippen LogP contribution >= 0.6 is 0 Å². The van der Waals surface area contributed by atoms with Gasteiger partial charge in [-0.2, -0.15) is 0 Å². The zero-order chi connectivity index (χ0) is 16.0. The van der Waals surface area contributed by atoms with Crippen LogP contribution in [0.3, 0.4) is 0 Å². The zero-order valence-corrected chi connectivity index (χ0v) is 15.0. The summed E-state index contributed by atoms with van der Waals surface area (Å²) in [5, 5.41) is 0. The summed E-state index contributed by atoms with van der Waals surface area (Å²) >= 11 is 0. The summed E-state index contributed by atoms with van der Waals surface area (Å²) in [5.41, 5.74) is 1.51. The Hall–Kier alpha value is -1.09. The minimum Gasteiger partial charge on any atom is -0.354 e. The maximum absolute atomic E-state index is 4.74. The van der Waals surface area contributed by atoms with Crippen LogP contribution in [0.4, 0.5) is 5.82 Å². The van der Waals surface area contributed by atoms with Crippen molar-refractivity contribution in [1.82, 2.24) is 9.88 Å². The number of piperazine rings is 1. The molecule has 3 atom stereocenters. The van der Waals surface area contributed by atoms with Crippen LogP contribution in [0.2, 0.25) is 0 Å². The van der Waals surface area contributed by atoms with Gasteiger partial charge in [0.2, 0.25) is 0 Å². The predicted molar refractivity (Wildman–Crippen MR) is 96.0 cm³/mol. The average Bonchev–Trinajstić information content (AvgIpc) is 3.17. The van der Waals surface area contributed by atoms with E-state index in [0.29, 0.717) is 0 Å². The van der Waals surface area contributed by atoms with Crippen molar-refractivity contribution in [1.29, 1.82) is 0 Å². The SMILES string of the molecule is CC(C)(C)c1ccc(N2CCN(C3CC4CCC3C4)CC2)nc1. The van der Waals surface area contributed by atoms with Crippen LogP contribution in [-0.4, -0.2) is 42.1 Å². The third kappa shape index (κ3) is 3.00. The molecule has 126 valence electrons. The smallest absolute Gasteiger partial charge is 0.128 e. The van der Waals surface area contributed by atoms with Crippen LogP contribution in [0.1, 0.15) is 52.0 Å². The van der Waals surface area contributed by atoms with Gasteiger partial charge in [-0.15, -0.1) is 0 Å². The summed E-state index contributed by atoms with van der Waals surface area (Å²) < 4.78 is 0. The molecule has 1 aliphatic heterocycles. The molecule has 1 saturated heterocycles. The highest BCUT2D eigenvalue weighted by Gasteiger charge is 2.42. The van der Waals surface area contributed by atoms with Gasteiger partial charge < -0.3 is 4.90 Å². The van der Waals surface area contributed by atoms with Crippen LogP contribution in [-0.2, 0) is 5.41 Å². The Morgan fingerprint density at radius 2 is 1.78 bits per heavy atom. The topological polar surface area (TPSA) is 19.4 Å². The van der Waals surface area contributed by atoms with E-state index in [1.807, 2.05) is 0 Å². The summed E-state index contributed by atoms with van der Waals surface area (Å²) in [4.78, 5) is 9.99. The highest BCUT2D eigenvalue weighted by atomic mass is 15.3. The molecule has 3 aliphatic rings. The molecular formula is C20H31N3. The van der Waals surface area contributed by atoms with Crippen LogP contribution in [0.5, 0.6) is 0 Å². The van der Waals surface area contributed by atoms with Crippen LogP contribution in [0.15, 0.2) is 18.3 Å². The van der Waals surface area contributed by atoms with Gasteiger partial charge in [-0.05, 0) is 48.1 Å². The Kier molecular flexibility index (Phi) is 3.87. The van der Waals surface area contributed by atoms with E-state index in [1.54, 1.807) is 0 Å². The Labute approximate surface area is 141 Å². The molecule has 3 fully saturated rings. The molecule has 1 aromatic rings. The van der Waals surface area contributed by atoms with Gasteiger partial charge >= 0.3 is 0 Å². The summed E-state index contributed by atoms with van der Waals surface area (Å²) in [6, 6.07) is 5.37.